The van der Waals surface area contributed by atoms with Crippen LogP contribution in [-0.2, 0) is 4.43 Å². The van der Waals surface area contributed by atoms with Gasteiger partial charge in [-0.2, -0.15) is 0 Å². The third-order valence-corrected chi connectivity index (χ3v) is 10.3. The summed E-state index contributed by atoms with van der Waals surface area (Å²) in [5, 5.41) is 19.0. The molecule has 0 radical (unpaired) electrons. The summed E-state index contributed by atoms with van der Waals surface area (Å²) in [5.41, 5.74) is 1.51. The van der Waals surface area contributed by atoms with Crippen LogP contribution in [0.2, 0.25) is 16.6 Å². The van der Waals surface area contributed by atoms with E-state index in [9.17, 15) is 5.11 Å². The molecular formula is C16H32O3Si. The van der Waals surface area contributed by atoms with E-state index >= 15 is 0 Å². The van der Waals surface area contributed by atoms with E-state index in [2.05, 4.69) is 53.4 Å². The zero-order valence-corrected chi connectivity index (χ0v) is 15.1. The molecule has 0 aliphatic carbocycles. The molecule has 0 aliphatic heterocycles. The van der Waals surface area contributed by atoms with Gasteiger partial charge in [0.05, 0.1) is 25.2 Å². The largest absolute Gasteiger partial charge is 0.415 e. The van der Waals surface area contributed by atoms with Gasteiger partial charge in [0.2, 0.25) is 0 Å². The van der Waals surface area contributed by atoms with Crippen LogP contribution in [0.25, 0.3) is 0 Å². The molecule has 2 atom stereocenters. The summed E-state index contributed by atoms with van der Waals surface area (Å²) in [6.07, 6.45) is -0.833. The predicted molar refractivity (Wildman–Crippen MR) is 87.0 cm³/mol. The van der Waals surface area contributed by atoms with Crippen molar-refractivity contribution >= 4 is 8.32 Å². The molecule has 0 spiro atoms. The molecule has 0 heterocycles. The lowest BCUT2D eigenvalue weighted by molar-refractivity contribution is 0.0459. The minimum absolute atomic E-state index is 0.275. The Bertz CT molecular complexity index is 307. The van der Waals surface area contributed by atoms with Gasteiger partial charge in [0.25, 0.3) is 0 Å². The van der Waals surface area contributed by atoms with Crippen molar-refractivity contribution in [1.29, 1.82) is 0 Å². The van der Waals surface area contributed by atoms with Crippen molar-refractivity contribution in [2.24, 2.45) is 5.92 Å². The Morgan fingerprint density at radius 1 is 1.00 bits per heavy atom. The Hall–Kier alpha value is -0.343. The summed E-state index contributed by atoms with van der Waals surface area (Å²) in [4.78, 5) is 0. The van der Waals surface area contributed by atoms with E-state index < -0.39 is 14.4 Å². The molecule has 0 saturated heterocycles. The molecule has 0 aromatic carbocycles. The van der Waals surface area contributed by atoms with Crippen molar-refractivity contribution in [3.63, 3.8) is 0 Å². The van der Waals surface area contributed by atoms with Gasteiger partial charge in [-0.3, -0.25) is 0 Å². The summed E-state index contributed by atoms with van der Waals surface area (Å²) in [6.45, 7) is 15.3. The van der Waals surface area contributed by atoms with Gasteiger partial charge < -0.3 is 14.6 Å². The average molecular weight is 301 g/mol. The van der Waals surface area contributed by atoms with E-state index in [1.807, 2.05) is 0 Å². The molecule has 0 unspecified atom stereocenters. The van der Waals surface area contributed by atoms with Crippen LogP contribution in [0.3, 0.4) is 0 Å². The minimum atomic E-state index is -1.94. The highest BCUT2D eigenvalue weighted by atomic mass is 28.4. The SMILES string of the molecule is CC#C[C@H](CO[Si](C(C)C)(C(C)C)C(C)C)[C@H](O)CO. The van der Waals surface area contributed by atoms with Crippen LogP contribution < -0.4 is 0 Å². The Kier molecular flexibility index (Phi) is 8.68. The maximum Gasteiger partial charge on any atom is 0.200 e. The van der Waals surface area contributed by atoms with Gasteiger partial charge in [-0.25, -0.2) is 0 Å². The van der Waals surface area contributed by atoms with Gasteiger partial charge in [0, 0.05) is 0 Å². The van der Waals surface area contributed by atoms with Crippen LogP contribution in [0.1, 0.15) is 48.5 Å². The lowest BCUT2D eigenvalue weighted by atomic mass is 10.1. The van der Waals surface area contributed by atoms with Crippen molar-refractivity contribution in [1.82, 2.24) is 0 Å². The second-order valence-electron chi connectivity index (χ2n) is 6.38. The summed E-state index contributed by atoms with van der Waals surface area (Å²) in [7, 11) is -1.94. The zero-order chi connectivity index (χ0) is 15.9. The summed E-state index contributed by atoms with van der Waals surface area (Å²) < 4.78 is 6.42. The van der Waals surface area contributed by atoms with Crippen LogP contribution in [0, 0.1) is 17.8 Å². The maximum atomic E-state index is 9.84. The summed E-state index contributed by atoms with van der Waals surface area (Å²) >= 11 is 0. The van der Waals surface area contributed by atoms with Gasteiger partial charge in [-0.15, -0.1) is 5.92 Å². The van der Waals surface area contributed by atoms with Crippen molar-refractivity contribution in [3.8, 4) is 11.8 Å². The van der Waals surface area contributed by atoms with E-state index in [-0.39, 0.29) is 12.5 Å². The summed E-state index contributed by atoms with van der Waals surface area (Å²) in [5.74, 6) is 5.47. The van der Waals surface area contributed by atoms with E-state index in [1.54, 1.807) is 6.92 Å². The van der Waals surface area contributed by atoms with E-state index in [0.29, 0.717) is 23.2 Å². The number of rotatable bonds is 8. The molecule has 0 fully saturated rings. The molecule has 2 N–H and O–H groups in total. The molecule has 0 aromatic rings. The summed E-state index contributed by atoms with van der Waals surface area (Å²) in [6, 6.07) is 0. The molecule has 20 heavy (non-hydrogen) atoms. The van der Waals surface area contributed by atoms with Gasteiger partial charge in [-0.05, 0) is 23.5 Å². The first-order valence-corrected chi connectivity index (χ1v) is 9.73. The van der Waals surface area contributed by atoms with E-state index in [4.69, 9.17) is 9.53 Å². The van der Waals surface area contributed by atoms with Crippen LogP contribution in [-0.4, -0.2) is 37.8 Å². The van der Waals surface area contributed by atoms with E-state index in [1.165, 1.54) is 0 Å². The van der Waals surface area contributed by atoms with Crippen molar-refractivity contribution in [3.05, 3.63) is 0 Å². The number of hydrogen-bond acceptors (Lipinski definition) is 3. The zero-order valence-electron chi connectivity index (χ0n) is 14.1. The van der Waals surface area contributed by atoms with Crippen LogP contribution in [0.15, 0.2) is 0 Å². The molecule has 0 aromatic heterocycles. The second kappa shape index (κ2) is 8.84. The third kappa shape index (κ3) is 4.59. The monoisotopic (exact) mass is 300 g/mol. The predicted octanol–water partition coefficient (Wildman–Crippen LogP) is 3.17. The number of aliphatic hydroxyl groups is 2. The van der Waals surface area contributed by atoms with Crippen molar-refractivity contribution in [2.75, 3.05) is 13.2 Å². The molecule has 0 aliphatic rings. The van der Waals surface area contributed by atoms with Crippen LogP contribution in [0.4, 0.5) is 0 Å². The fourth-order valence-corrected chi connectivity index (χ4v) is 8.76. The lowest BCUT2D eigenvalue weighted by Gasteiger charge is -2.42. The molecule has 0 amide bonds. The quantitative estimate of drug-likeness (QED) is 0.535. The molecule has 0 rings (SSSR count). The average Bonchev–Trinajstić information content (AvgIpc) is 2.35. The van der Waals surface area contributed by atoms with Gasteiger partial charge in [-0.1, -0.05) is 47.5 Å². The topological polar surface area (TPSA) is 49.7 Å². The molecule has 3 nitrogen and oxygen atoms in total. The highest BCUT2D eigenvalue weighted by Crippen LogP contribution is 2.42. The third-order valence-electron chi connectivity index (χ3n) is 4.20. The molecule has 4 heteroatoms. The Morgan fingerprint density at radius 2 is 1.45 bits per heavy atom. The molecule has 0 saturated carbocycles. The van der Waals surface area contributed by atoms with Gasteiger partial charge in [0.15, 0.2) is 8.32 Å². The van der Waals surface area contributed by atoms with Crippen molar-refractivity contribution < 1.29 is 14.6 Å². The highest BCUT2D eigenvalue weighted by Gasteiger charge is 2.45. The first-order chi connectivity index (χ1) is 9.23. The highest BCUT2D eigenvalue weighted by molar-refractivity contribution is 6.77. The number of aliphatic hydroxyl groups excluding tert-OH is 2. The Labute approximate surface area is 125 Å². The first kappa shape index (κ1) is 19.7. The fourth-order valence-electron chi connectivity index (χ4n) is 3.30. The number of hydrogen-bond donors (Lipinski definition) is 2. The molecule has 118 valence electrons. The van der Waals surface area contributed by atoms with E-state index in [0.717, 1.165) is 0 Å². The first-order valence-electron chi connectivity index (χ1n) is 7.59. The van der Waals surface area contributed by atoms with Crippen LogP contribution >= 0.6 is 0 Å². The molecule has 0 bridgehead atoms. The maximum absolute atomic E-state index is 9.84. The van der Waals surface area contributed by atoms with Crippen LogP contribution in [0.5, 0.6) is 0 Å². The molecular weight excluding hydrogens is 268 g/mol. The Balaban J connectivity index is 5.12. The minimum Gasteiger partial charge on any atom is -0.415 e. The fraction of sp³-hybridized carbons (Fsp3) is 0.875. The second-order valence-corrected chi connectivity index (χ2v) is 11.8. The lowest BCUT2D eigenvalue weighted by Crippen LogP contribution is -2.49. The smallest absolute Gasteiger partial charge is 0.200 e. The standard InChI is InChI=1S/C16H32O3Si/c1-8-9-15(16(18)10-17)11-19-20(12(2)3,13(4)5)14(6)7/h12-18H,10-11H2,1-7H3/t15-,16-/m1/s1. The van der Waals surface area contributed by atoms with Crippen molar-refractivity contribution in [2.45, 2.75) is 71.2 Å². The van der Waals surface area contributed by atoms with Gasteiger partial charge in [0.1, 0.15) is 0 Å². The normalized spacial score (nSPS) is 15.4. The Morgan fingerprint density at radius 3 is 1.75 bits per heavy atom. The van der Waals surface area contributed by atoms with Gasteiger partial charge >= 0.3 is 0 Å².